The number of benzene rings is 1. The molecular weight excluding hydrogens is 418 g/mol. The zero-order valence-electron chi connectivity index (χ0n) is 18.5. The summed E-state index contributed by atoms with van der Waals surface area (Å²) < 4.78 is 24.1. The van der Waals surface area contributed by atoms with E-state index in [2.05, 4.69) is 10.2 Å². The molecule has 0 aliphatic rings. The van der Waals surface area contributed by atoms with Crippen molar-refractivity contribution in [1.82, 2.24) is 14.8 Å². The maximum absolute atomic E-state index is 12.6. The van der Waals surface area contributed by atoms with E-state index in [1.165, 1.54) is 11.8 Å². The van der Waals surface area contributed by atoms with E-state index in [1.807, 2.05) is 51.1 Å². The van der Waals surface area contributed by atoms with E-state index in [9.17, 15) is 4.79 Å². The average Bonchev–Trinajstić information content (AvgIpc) is 3.36. The summed E-state index contributed by atoms with van der Waals surface area (Å²) in [5.74, 6) is 2.64. The lowest BCUT2D eigenvalue weighted by Crippen LogP contribution is -2.26. The van der Waals surface area contributed by atoms with Crippen molar-refractivity contribution in [3.05, 3.63) is 36.1 Å². The minimum atomic E-state index is -0.463. The number of hydrogen-bond acceptors (Lipinski definition) is 8. The largest absolute Gasteiger partial charge is 0.494 e. The van der Waals surface area contributed by atoms with Crippen molar-refractivity contribution in [1.29, 1.82) is 0 Å². The molecule has 31 heavy (non-hydrogen) atoms. The van der Waals surface area contributed by atoms with Crippen molar-refractivity contribution < 1.29 is 23.4 Å². The van der Waals surface area contributed by atoms with Crippen molar-refractivity contribution in [2.45, 2.75) is 38.1 Å². The highest BCUT2D eigenvalue weighted by Crippen LogP contribution is 2.40. The van der Waals surface area contributed by atoms with Crippen LogP contribution in [-0.2, 0) is 9.53 Å². The number of thioether (sulfide) groups is 1. The van der Waals surface area contributed by atoms with Gasteiger partial charge in [-0.05, 0) is 44.0 Å². The molecule has 166 valence electrons. The molecule has 1 unspecified atom stereocenters. The first-order valence-electron chi connectivity index (χ1n) is 9.98. The molecule has 2 aromatic heterocycles. The first-order chi connectivity index (χ1) is 14.9. The van der Waals surface area contributed by atoms with Crippen LogP contribution in [0.25, 0.3) is 17.3 Å². The monoisotopic (exact) mass is 445 g/mol. The van der Waals surface area contributed by atoms with Crippen molar-refractivity contribution >= 4 is 17.7 Å². The zero-order chi connectivity index (χ0) is 22.5. The molecule has 0 aliphatic heterocycles. The summed E-state index contributed by atoms with van der Waals surface area (Å²) in [7, 11) is 3.17. The van der Waals surface area contributed by atoms with Crippen LogP contribution in [0.15, 0.2) is 39.9 Å². The van der Waals surface area contributed by atoms with Crippen LogP contribution < -0.4 is 9.47 Å². The molecule has 3 rings (SSSR count). The van der Waals surface area contributed by atoms with Gasteiger partial charge in [-0.1, -0.05) is 31.7 Å². The lowest BCUT2D eigenvalue weighted by Gasteiger charge is -2.20. The lowest BCUT2D eigenvalue weighted by molar-refractivity contribution is -0.143. The topological polar surface area (TPSA) is 88.6 Å². The maximum atomic E-state index is 12.6. The molecule has 0 amide bonds. The highest BCUT2D eigenvalue weighted by Gasteiger charge is 2.31. The number of methoxy groups -OCH3 is 2. The highest BCUT2D eigenvalue weighted by molar-refractivity contribution is 8.00. The normalized spacial score (nSPS) is 12.1. The number of aromatic nitrogens is 3. The number of hydrogen-bond donors (Lipinski definition) is 0. The van der Waals surface area contributed by atoms with Gasteiger partial charge in [0, 0.05) is 0 Å². The Morgan fingerprint density at radius 1 is 1.13 bits per heavy atom. The van der Waals surface area contributed by atoms with Gasteiger partial charge in [-0.15, -0.1) is 10.2 Å². The van der Waals surface area contributed by atoms with Crippen LogP contribution in [0.3, 0.4) is 0 Å². The number of para-hydroxylation sites is 1. The van der Waals surface area contributed by atoms with E-state index in [0.29, 0.717) is 40.5 Å². The lowest BCUT2D eigenvalue weighted by atomic mass is 10.1. The minimum Gasteiger partial charge on any atom is -0.494 e. The highest BCUT2D eigenvalue weighted by atomic mass is 32.2. The van der Waals surface area contributed by atoms with Crippen molar-refractivity contribution in [2.75, 3.05) is 20.8 Å². The first kappa shape index (κ1) is 22.7. The van der Waals surface area contributed by atoms with Crippen molar-refractivity contribution in [3.63, 3.8) is 0 Å². The number of rotatable bonds is 9. The molecule has 0 bridgehead atoms. The van der Waals surface area contributed by atoms with Gasteiger partial charge in [0.15, 0.2) is 10.9 Å². The van der Waals surface area contributed by atoms with E-state index in [0.717, 1.165) is 5.76 Å². The first-order valence-corrected chi connectivity index (χ1v) is 10.9. The third-order valence-corrected chi connectivity index (χ3v) is 6.04. The fourth-order valence-electron chi connectivity index (χ4n) is 3.11. The van der Waals surface area contributed by atoms with Crippen LogP contribution in [0, 0.1) is 12.8 Å². The molecule has 0 N–H and O–H groups in total. The van der Waals surface area contributed by atoms with Crippen LogP contribution in [0.4, 0.5) is 0 Å². The van der Waals surface area contributed by atoms with Gasteiger partial charge in [0.05, 0.1) is 20.8 Å². The zero-order valence-corrected chi connectivity index (χ0v) is 19.4. The molecular formula is C22H27N3O5S. The molecule has 0 saturated heterocycles. The molecule has 8 nitrogen and oxygen atoms in total. The second-order valence-corrected chi connectivity index (χ2v) is 8.21. The summed E-state index contributed by atoms with van der Waals surface area (Å²) in [6.45, 7) is 7.90. The number of nitrogens with zero attached hydrogens (tertiary/aromatic N) is 3. The number of furan rings is 1. The third kappa shape index (κ3) is 4.71. The molecule has 0 spiro atoms. The summed E-state index contributed by atoms with van der Waals surface area (Å²) >= 11 is 1.29. The van der Waals surface area contributed by atoms with E-state index in [4.69, 9.17) is 18.6 Å². The molecule has 1 aromatic carbocycles. The van der Waals surface area contributed by atoms with Crippen molar-refractivity contribution in [2.24, 2.45) is 5.92 Å². The average molecular weight is 446 g/mol. The third-order valence-electron chi connectivity index (χ3n) is 4.58. The molecule has 3 aromatic rings. The standard InChI is InChI=1S/C22H27N3O5S/c1-7-29-21(26)19(13(2)3)31-22-24-23-20(17-12-11-14(4)30-17)25(22)18-15(27-5)9-8-10-16(18)28-6/h8-13,19H,7H2,1-6H3. The van der Waals surface area contributed by atoms with Gasteiger partial charge < -0.3 is 18.6 Å². The van der Waals surface area contributed by atoms with Crippen LogP contribution >= 0.6 is 11.8 Å². The Labute approximate surface area is 185 Å². The molecule has 0 radical (unpaired) electrons. The fourth-order valence-corrected chi connectivity index (χ4v) is 4.14. The second kappa shape index (κ2) is 9.91. The van der Waals surface area contributed by atoms with Gasteiger partial charge in [-0.25, -0.2) is 0 Å². The van der Waals surface area contributed by atoms with Gasteiger partial charge in [-0.3, -0.25) is 9.36 Å². The predicted octanol–water partition coefficient (Wildman–Crippen LogP) is 4.53. The van der Waals surface area contributed by atoms with E-state index in [-0.39, 0.29) is 11.9 Å². The van der Waals surface area contributed by atoms with Gasteiger partial charge in [-0.2, -0.15) is 0 Å². The van der Waals surface area contributed by atoms with Gasteiger partial charge >= 0.3 is 5.97 Å². The number of aryl methyl sites for hydroxylation is 1. The molecule has 9 heteroatoms. The summed E-state index contributed by atoms with van der Waals surface area (Å²) in [6, 6.07) is 9.18. The number of ether oxygens (including phenoxy) is 3. The summed E-state index contributed by atoms with van der Waals surface area (Å²) in [6.07, 6.45) is 0. The Bertz CT molecular complexity index is 1020. The van der Waals surface area contributed by atoms with Crippen LogP contribution in [0.5, 0.6) is 11.5 Å². The summed E-state index contributed by atoms with van der Waals surface area (Å²) in [4.78, 5) is 12.6. The smallest absolute Gasteiger partial charge is 0.319 e. The molecule has 0 saturated carbocycles. The molecule has 0 aliphatic carbocycles. The quantitative estimate of drug-likeness (QED) is 0.351. The molecule has 2 heterocycles. The molecule has 0 fully saturated rings. The SMILES string of the molecule is CCOC(=O)C(Sc1nnc(-c2ccc(C)o2)n1-c1c(OC)cccc1OC)C(C)C. The van der Waals surface area contributed by atoms with E-state index < -0.39 is 5.25 Å². The van der Waals surface area contributed by atoms with E-state index >= 15 is 0 Å². The Balaban J connectivity index is 2.21. The van der Waals surface area contributed by atoms with Crippen molar-refractivity contribution in [3.8, 4) is 28.8 Å². The number of esters is 1. The van der Waals surface area contributed by atoms with Crippen LogP contribution in [0.1, 0.15) is 26.5 Å². The van der Waals surface area contributed by atoms with Gasteiger partial charge in [0.1, 0.15) is 28.2 Å². The Kier molecular flexibility index (Phi) is 7.27. The Morgan fingerprint density at radius 2 is 1.81 bits per heavy atom. The van der Waals surface area contributed by atoms with E-state index in [1.54, 1.807) is 25.7 Å². The maximum Gasteiger partial charge on any atom is 0.319 e. The van der Waals surface area contributed by atoms with Gasteiger partial charge in [0.2, 0.25) is 5.82 Å². The van der Waals surface area contributed by atoms with Gasteiger partial charge in [0.25, 0.3) is 0 Å². The predicted molar refractivity (Wildman–Crippen MR) is 118 cm³/mol. The summed E-state index contributed by atoms with van der Waals surface area (Å²) in [5, 5.41) is 8.81. The van der Waals surface area contributed by atoms with Crippen LogP contribution in [0.2, 0.25) is 0 Å². The number of carbonyl (C=O) groups is 1. The molecule has 1 atom stereocenters. The Morgan fingerprint density at radius 3 is 2.32 bits per heavy atom. The van der Waals surface area contributed by atoms with Crippen LogP contribution in [-0.4, -0.2) is 46.8 Å². The minimum absolute atomic E-state index is 0.0167. The Hall–Kier alpha value is -2.94. The number of carbonyl (C=O) groups excluding carboxylic acids is 1. The fraction of sp³-hybridized carbons (Fsp3) is 0.409. The second-order valence-electron chi connectivity index (χ2n) is 7.10. The summed E-state index contributed by atoms with van der Waals surface area (Å²) in [5.41, 5.74) is 0.621.